The maximum absolute atomic E-state index is 11.9. The van der Waals surface area contributed by atoms with Crippen molar-refractivity contribution in [3.63, 3.8) is 0 Å². The fraction of sp³-hybridized carbons (Fsp3) is 0.600. The van der Waals surface area contributed by atoms with Crippen LogP contribution in [0.5, 0.6) is 0 Å². The molecule has 6 N–H and O–H groups in total. The Hall–Kier alpha value is -1.39. The van der Waals surface area contributed by atoms with Crippen molar-refractivity contribution in [3.8, 4) is 0 Å². The Morgan fingerprint density at radius 1 is 1.45 bits per heavy atom. The number of aromatic nitrogens is 1. The fourth-order valence-electron chi connectivity index (χ4n) is 1.36. The highest BCUT2D eigenvalue weighted by atomic mass is 32.2. The van der Waals surface area contributed by atoms with Crippen molar-refractivity contribution in [3.05, 3.63) is 4.88 Å². The molecule has 8 nitrogen and oxygen atoms in total. The number of rotatable bonds is 7. The number of primary sulfonamides is 1. The lowest BCUT2D eigenvalue weighted by molar-refractivity contribution is 0.0958. The number of carbonyl (C=O) groups excluding carboxylic acids is 1. The monoisotopic (exact) mass is 321 g/mol. The molecule has 0 unspecified atom stereocenters. The predicted octanol–water partition coefficient (Wildman–Crippen LogP) is -0.0460. The summed E-state index contributed by atoms with van der Waals surface area (Å²) in [4.78, 5) is 16.2. The zero-order valence-electron chi connectivity index (χ0n) is 11.3. The van der Waals surface area contributed by atoms with Crippen LogP contribution < -0.4 is 21.5 Å². The second kappa shape index (κ2) is 6.86. The summed E-state index contributed by atoms with van der Waals surface area (Å²) in [5.41, 5.74) is 5.67. The van der Waals surface area contributed by atoms with Gasteiger partial charge in [0.2, 0.25) is 10.0 Å². The number of amides is 1. The zero-order chi connectivity index (χ0) is 15.3. The Bertz CT molecular complexity index is 567. The maximum atomic E-state index is 11.9. The Morgan fingerprint density at radius 3 is 2.65 bits per heavy atom. The highest BCUT2D eigenvalue weighted by molar-refractivity contribution is 7.89. The minimum absolute atomic E-state index is 0.155. The summed E-state index contributed by atoms with van der Waals surface area (Å²) in [7, 11) is -3.50. The smallest absolute Gasteiger partial charge is 0.265 e. The molecular weight excluding hydrogens is 302 g/mol. The van der Waals surface area contributed by atoms with E-state index in [1.807, 2.05) is 13.8 Å². The van der Waals surface area contributed by atoms with Crippen molar-refractivity contribution in [2.45, 2.75) is 26.3 Å². The van der Waals surface area contributed by atoms with Gasteiger partial charge in [-0.15, -0.1) is 0 Å². The standard InChI is InChI=1S/C10H19N5O3S2/c1-6(2)14-10-15-8(11)7(19-10)9(16)13-4-3-5-20(12,17)18/h6H,3-5,11H2,1-2H3,(H,13,16)(H,14,15)(H2,12,17,18). The molecule has 1 rings (SSSR count). The minimum atomic E-state index is -3.50. The van der Waals surface area contributed by atoms with Crippen LogP contribution in [-0.2, 0) is 10.0 Å². The molecule has 1 amide bonds. The molecule has 1 heterocycles. The molecule has 20 heavy (non-hydrogen) atoms. The number of nitrogens with zero attached hydrogens (tertiary/aromatic N) is 1. The fourth-order valence-corrected chi connectivity index (χ4v) is 2.85. The van der Waals surface area contributed by atoms with Crippen LogP contribution in [0.15, 0.2) is 0 Å². The Kier molecular flexibility index (Phi) is 5.72. The molecule has 0 spiro atoms. The quantitative estimate of drug-likeness (QED) is 0.519. The summed E-state index contributed by atoms with van der Waals surface area (Å²) in [5.74, 6) is -0.390. The van der Waals surface area contributed by atoms with Gasteiger partial charge in [-0.25, -0.2) is 18.5 Å². The van der Waals surface area contributed by atoms with E-state index in [1.54, 1.807) is 0 Å². The number of carbonyl (C=O) groups is 1. The van der Waals surface area contributed by atoms with E-state index in [0.717, 1.165) is 11.3 Å². The molecule has 0 saturated carbocycles. The molecule has 0 aliphatic carbocycles. The lowest BCUT2D eigenvalue weighted by Gasteiger charge is -2.04. The average molecular weight is 321 g/mol. The SMILES string of the molecule is CC(C)Nc1nc(N)c(C(=O)NCCCS(N)(=O)=O)s1. The number of hydrogen-bond donors (Lipinski definition) is 4. The molecule has 0 radical (unpaired) electrons. The number of nitrogens with one attached hydrogen (secondary N) is 2. The van der Waals surface area contributed by atoms with Crippen LogP contribution in [0.25, 0.3) is 0 Å². The van der Waals surface area contributed by atoms with Crippen LogP contribution in [0, 0.1) is 0 Å². The van der Waals surface area contributed by atoms with Gasteiger partial charge in [-0.1, -0.05) is 11.3 Å². The minimum Gasteiger partial charge on any atom is -0.382 e. The summed E-state index contributed by atoms with van der Waals surface area (Å²) >= 11 is 1.16. The molecule has 1 aromatic heterocycles. The Labute approximate surface area is 122 Å². The first kappa shape index (κ1) is 16.7. The van der Waals surface area contributed by atoms with E-state index in [0.29, 0.717) is 10.0 Å². The van der Waals surface area contributed by atoms with Gasteiger partial charge in [0.15, 0.2) is 5.13 Å². The third-order valence-electron chi connectivity index (χ3n) is 2.16. The summed E-state index contributed by atoms with van der Waals surface area (Å²) in [6.07, 6.45) is 0.250. The lowest BCUT2D eigenvalue weighted by atomic mass is 10.4. The van der Waals surface area contributed by atoms with Crippen molar-refractivity contribution >= 4 is 38.2 Å². The maximum Gasteiger partial charge on any atom is 0.265 e. The average Bonchev–Trinajstić information content (AvgIpc) is 2.63. The van der Waals surface area contributed by atoms with Crippen molar-refractivity contribution < 1.29 is 13.2 Å². The van der Waals surface area contributed by atoms with Crippen LogP contribution in [0.1, 0.15) is 29.9 Å². The highest BCUT2D eigenvalue weighted by Crippen LogP contribution is 2.25. The second-order valence-electron chi connectivity index (χ2n) is 4.51. The predicted molar refractivity (Wildman–Crippen MR) is 80.2 cm³/mol. The second-order valence-corrected chi connectivity index (χ2v) is 7.24. The third kappa shape index (κ3) is 5.72. The van der Waals surface area contributed by atoms with Crippen LogP contribution in [0.4, 0.5) is 10.9 Å². The van der Waals surface area contributed by atoms with E-state index in [9.17, 15) is 13.2 Å². The zero-order valence-corrected chi connectivity index (χ0v) is 13.0. The molecule has 0 aliphatic rings. The van der Waals surface area contributed by atoms with Gasteiger partial charge in [0.1, 0.15) is 10.7 Å². The summed E-state index contributed by atoms with van der Waals surface area (Å²) in [5, 5.41) is 11.1. The number of thiazole rings is 1. The lowest BCUT2D eigenvalue weighted by Crippen LogP contribution is -2.27. The number of nitrogens with two attached hydrogens (primary N) is 2. The van der Waals surface area contributed by atoms with Gasteiger partial charge in [0.05, 0.1) is 5.75 Å². The van der Waals surface area contributed by atoms with Crippen LogP contribution in [0.2, 0.25) is 0 Å². The normalized spacial score (nSPS) is 11.6. The van der Waals surface area contributed by atoms with E-state index in [1.165, 1.54) is 0 Å². The number of hydrogen-bond acceptors (Lipinski definition) is 7. The summed E-state index contributed by atoms with van der Waals surface area (Å²) in [6.45, 7) is 4.11. The Morgan fingerprint density at radius 2 is 2.10 bits per heavy atom. The molecular formula is C10H19N5O3S2. The van der Waals surface area contributed by atoms with Crippen molar-refractivity contribution in [2.24, 2.45) is 5.14 Å². The number of sulfonamides is 1. The van der Waals surface area contributed by atoms with Crippen molar-refractivity contribution in [1.29, 1.82) is 0 Å². The van der Waals surface area contributed by atoms with E-state index in [-0.39, 0.29) is 36.5 Å². The Balaban J connectivity index is 2.53. The molecule has 0 aliphatic heterocycles. The van der Waals surface area contributed by atoms with E-state index in [2.05, 4.69) is 15.6 Å². The first-order chi connectivity index (χ1) is 9.19. The molecule has 1 aromatic rings. The van der Waals surface area contributed by atoms with Gasteiger partial charge in [-0.3, -0.25) is 4.79 Å². The number of nitrogen functional groups attached to an aromatic ring is 1. The van der Waals surface area contributed by atoms with Crippen molar-refractivity contribution in [1.82, 2.24) is 10.3 Å². The first-order valence-electron chi connectivity index (χ1n) is 6.00. The molecule has 10 heteroatoms. The van der Waals surface area contributed by atoms with Gasteiger partial charge in [-0.2, -0.15) is 0 Å². The van der Waals surface area contributed by atoms with Gasteiger partial charge >= 0.3 is 0 Å². The van der Waals surface area contributed by atoms with E-state index in [4.69, 9.17) is 10.9 Å². The molecule has 0 fully saturated rings. The van der Waals surface area contributed by atoms with Crippen molar-refractivity contribution in [2.75, 3.05) is 23.3 Å². The molecule has 0 aromatic carbocycles. The third-order valence-corrected chi connectivity index (χ3v) is 4.02. The largest absolute Gasteiger partial charge is 0.382 e. The van der Waals surface area contributed by atoms with Crippen LogP contribution in [0.3, 0.4) is 0 Å². The van der Waals surface area contributed by atoms with Gasteiger partial charge in [0.25, 0.3) is 5.91 Å². The highest BCUT2D eigenvalue weighted by Gasteiger charge is 2.16. The van der Waals surface area contributed by atoms with E-state index < -0.39 is 10.0 Å². The summed E-state index contributed by atoms with van der Waals surface area (Å²) in [6, 6.07) is 0.186. The summed E-state index contributed by atoms with van der Waals surface area (Å²) < 4.78 is 21.5. The van der Waals surface area contributed by atoms with Crippen LogP contribution >= 0.6 is 11.3 Å². The van der Waals surface area contributed by atoms with Gasteiger partial charge < -0.3 is 16.4 Å². The van der Waals surface area contributed by atoms with Gasteiger partial charge in [-0.05, 0) is 20.3 Å². The first-order valence-corrected chi connectivity index (χ1v) is 8.53. The van der Waals surface area contributed by atoms with Gasteiger partial charge in [0, 0.05) is 12.6 Å². The topological polar surface area (TPSA) is 140 Å². The van der Waals surface area contributed by atoms with Crippen LogP contribution in [-0.4, -0.2) is 37.6 Å². The van der Waals surface area contributed by atoms with E-state index >= 15 is 0 Å². The molecule has 114 valence electrons. The molecule has 0 saturated heterocycles. The molecule has 0 atom stereocenters. The molecule has 0 bridgehead atoms. The number of anilines is 2.